The summed E-state index contributed by atoms with van der Waals surface area (Å²) in [5, 5.41) is 19.4. The maximum atomic E-state index is 13.0. The number of anilines is 1. The van der Waals surface area contributed by atoms with Crippen LogP contribution in [0.4, 0.5) is 5.69 Å². The Morgan fingerprint density at radius 2 is 2.17 bits per heavy atom. The van der Waals surface area contributed by atoms with E-state index in [0.717, 1.165) is 5.56 Å². The summed E-state index contributed by atoms with van der Waals surface area (Å²) < 4.78 is 5.45. The molecule has 2 aliphatic heterocycles. The fourth-order valence-electron chi connectivity index (χ4n) is 3.44. The molecular weight excluding hydrogens is 294 g/mol. The number of carbonyl (C=O) groups is 1. The number of benzene rings is 1. The lowest BCUT2D eigenvalue weighted by Gasteiger charge is -2.31. The fourth-order valence-corrected chi connectivity index (χ4v) is 3.44. The van der Waals surface area contributed by atoms with Gasteiger partial charge in [0, 0.05) is 16.9 Å². The molecule has 114 valence electrons. The van der Waals surface area contributed by atoms with Crippen LogP contribution in [0.5, 0.6) is 5.88 Å². The van der Waals surface area contributed by atoms with E-state index in [1.807, 2.05) is 25.1 Å². The molecule has 7 heteroatoms. The Labute approximate surface area is 131 Å². The van der Waals surface area contributed by atoms with Gasteiger partial charge in [0.25, 0.3) is 0 Å². The van der Waals surface area contributed by atoms with E-state index < -0.39 is 5.41 Å². The highest BCUT2D eigenvalue weighted by molar-refractivity contribution is 6.12. The molecule has 4 rings (SSSR count). The van der Waals surface area contributed by atoms with Gasteiger partial charge in [0.05, 0.1) is 5.56 Å². The number of ether oxygens (including phenoxy) is 1. The van der Waals surface area contributed by atoms with Crippen molar-refractivity contribution in [1.82, 2.24) is 10.2 Å². The van der Waals surface area contributed by atoms with Crippen LogP contribution in [-0.4, -0.2) is 16.1 Å². The normalized spacial score (nSPS) is 21.5. The third-order valence-electron chi connectivity index (χ3n) is 4.40. The standard InChI is InChI=1S/C16H13N5O2/c1-7-3-4-11-9(5-7)16(15(22)19-11)10(6-17)13(18)23-14-12(16)8(2)20-21-14/h3-5H,18H2,1-2H3,(H,19,22)(H,20,21). The van der Waals surface area contributed by atoms with Gasteiger partial charge in [0.15, 0.2) is 0 Å². The van der Waals surface area contributed by atoms with Crippen LogP contribution in [0.25, 0.3) is 0 Å². The van der Waals surface area contributed by atoms with E-state index >= 15 is 0 Å². The van der Waals surface area contributed by atoms with Crippen LogP contribution >= 0.6 is 0 Å². The predicted octanol–water partition coefficient (Wildman–Crippen LogP) is 1.35. The zero-order valence-electron chi connectivity index (χ0n) is 12.5. The number of aromatic nitrogens is 2. The highest BCUT2D eigenvalue weighted by Crippen LogP contribution is 2.53. The average molecular weight is 307 g/mol. The number of hydrogen-bond acceptors (Lipinski definition) is 5. The van der Waals surface area contributed by atoms with Crippen molar-refractivity contribution in [2.45, 2.75) is 19.3 Å². The van der Waals surface area contributed by atoms with Gasteiger partial charge in [-0.2, -0.15) is 5.26 Å². The monoisotopic (exact) mass is 307 g/mol. The maximum absolute atomic E-state index is 13.0. The summed E-state index contributed by atoms with van der Waals surface area (Å²) in [4.78, 5) is 13.0. The third-order valence-corrected chi connectivity index (χ3v) is 4.40. The van der Waals surface area contributed by atoms with Gasteiger partial charge in [0.1, 0.15) is 17.1 Å². The molecule has 1 aromatic carbocycles. The van der Waals surface area contributed by atoms with Crippen molar-refractivity contribution in [3.8, 4) is 11.9 Å². The van der Waals surface area contributed by atoms with Crippen molar-refractivity contribution < 1.29 is 9.53 Å². The number of aryl methyl sites for hydroxylation is 2. The minimum Gasteiger partial charge on any atom is -0.420 e. The molecule has 0 fully saturated rings. The van der Waals surface area contributed by atoms with Gasteiger partial charge < -0.3 is 15.8 Å². The zero-order chi connectivity index (χ0) is 16.4. The van der Waals surface area contributed by atoms with Crippen molar-refractivity contribution >= 4 is 11.6 Å². The smallest absolute Gasteiger partial charge is 0.245 e. The molecule has 1 aromatic heterocycles. The zero-order valence-corrected chi connectivity index (χ0v) is 12.5. The molecule has 23 heavy (non-hydrogen) atoms. The van der Waals surface area contributed by atoms with Crippen LogP contribution in [0, 0.1) is 25.2 Å². The van der Waals surface area contributed by atoms with Crippen LogP contribution < -0.4 is 15.8 Å². The molecule has 7 nitrogen and oxygen atoms in total. The van der Waals surface area contributed by atoms with E-state index in [2.05, 4.69) is 21.6 Å². The number of hydrogen-bond donors (Lipinski definition) is 3. The van der Waals surface area contributed by atoms with E-state index in [1.54, 1.807) is 6.92 Å². The predicted molar refractivity (Wildman–Crippen MR) is 81.4 cm³/mol. The Hall–Kier alpha value is -3.27. The molecule has 0 bridgehead atoms. The van der Waals surface area contributed by atoms with Gasteiger partial charge in [0.2, 0.25) is 17.7 Å². The average Bonchev–Trinajstić information content (AvgIpc) is 3.00. The molecule has 1 spiro atoms. The lowest BCUT2D eigenvalue weighted by molar-refractivity contribution is -0.118. The van der Waals surface area contributed by atoms with E-state index in [9.17, 15) is 10.1 Å². The molecule has 0 aliphatic carbocycles. The Kier molecular flexibility index (Phi) is 2.41. The Morgan fingerprint density at radius 1 is 1.39 bits per heavy atom. The number of nitrogens with one attached hydrogen (secondary N) is 2. The van der Waals surface area contributed by atoms with Crippen molar-refractivity contribution in [2.75, 3.05) is 5.32 Å². The summed E-state index contributed by atoms with van der Waals surface area (Å²) in [6.45, 7) is 3.72. The lowest BCUT2D eigenvalue weighted by atomic mass is 9.69. The first kappa shape index (κ1) is 13.4. The number of nitrogens with two attached hydrogens (primary N) is 1. The molecule has 2 aromatic rings. The largest absolute Gasteiger partial charge is 0.420 e. The van der Waals surface area contributed by atoms with Crippen molar-refractivity contribution in [3.63, 3.8) is 0 Å². The van der Waals surface area contributed by atoms with E-state index in [4.69, 9.17) is 10.5 Å². The molecule has 3 heterocycles. The highest BCUT2D eigenvalue weighted by Gasteiger charge is 2.58. The minimum atomic E-state index is -1.33. The van der Waals surface area contributed by atoms with Gasteiger partial charge >= 0.3 is 0 Å². The van der Waals surface area contributed by atoms with Crippen molar-refractivity contribution in [3.05, 3.63) is 52.0 Å². The van der Waals surface area contributed by atoms with E-state index in [1.165, 1.54) is 0 Å². The quantitative estimate of drug-likeness (QED) is 0.679. The molecule has 0 radical (unpaired) electrons. The molecule has 1 unspecified atom stereocenters. The number of amides is 1. The summed E-state index contributed by atoms with van der Waals surface area (Å²) >= 11 is 0. The van der Waals surface area contributed by atoms with E-state index in [0.29, 0.717) is 22.5 Å². The van der Waals surface area contributed by atoms with Gasteiger partial charge in [-0.3, -0.25) is 9.89 Å². The van der Waals surface area contributed by atoms with Gasteiger partial charge in [-0.1, -0.05) is 17.7 Å². The van der Waals surface area contributed by atoms with E-state index in [-0.39, 0.29) is 23.2 Å². The molecule has 1 amide bonds. The second kappa shape index (κ2) is 4.14. The number of H-pyrrole nitrogens is 1. The first-order valence-corrected chi connectivity index (χ1v) is 7.06. The summed E-state index contributed by atoms with van der Waals surface area (Å²) in [6, 6.07) is 7.68. The molecule has 4 N–H and O–H groups in total. The molecule has 1 atom stereocenters. The fraction of sp³-hybridized carbons (Fsp3) is 0.188. The van der Waals surface area contributed by atoms with Gasteiger partial charge in [-0.25, -0.2) is 0 Å². The number of fused-ring (bicyclic) bond motifs is 4. The highest BCUT2D eigenvalue weighted by atomic mass is 16.5. The third kappa shape index (κ3) is 1.42. The number of aromatic amines is 1. The lowest BCUT2D eigenvalue weighted by Crippen LogP contribution is -2.42. The molecular formula is C16H13N5O2. The van der Waals surface area contributed by atoms with Gasteiger partial charge in [-0.05, 0) is 19.9 Å². The second-order valence-electron chi connectivity index (χ2n) is 5.74. The van der Waals surface area contributed by atoms with Gasteiger partial charge in [-0.15, -0.1) is 5.10 Å². The first-order valence-electron chi connectivity index (χ1n) is 7.06. The summed E-state index contributed by atoms with van der Waals surface area (Å²) in [6.07, 6.45) is 0. The summed E-state index contributed by atoms with van der Waals surface area (Å²) in [7, 11) is 0. The van der Waals surface area contributed by atoms with Crippen LogP contribution in [0.15, 0.2) is 29.7 Å². The van der Waals surface area contributed by atoms with Crippen molar-refractivity contribution in [1.29, 1.82) is 5.26 Å². The topological polar surface area (TPSA) is 117 Å². The van der Waals surface area contributed by atoms with Crippen LogP contribution in [0.2, 0.25) is 0 Å². The second-order valence-corrected chi connectivity index (χ2v) is 5.74. The number of rotatable bonds is 0. The summed E-state index contributed by atoms with van der Waals surface area (Å²) in [5.41, 5.74) is 8.20. The van der Waals surface area contributed by atoms with Crippen molar-refractivity contribution in [2.24, 2.45) is 5.73 Å². The Bertz CT molecular complexity index is 950. The Morgan fingerprint density at radius 3 is 2.91 bits per heavy atom. The number of carbonyl (C=O) groups excluding carboxylic acids is 1. The maximum Gasteiger partial charge on any atom is 0.245 e. The number of nitriles is 1. The first-order chi connectivity index (χ1) is 11.0. The van der Waals surface area contributed by atoms with Crippen LogP contribution in [0.3, 0.4) is 0 Å². The molecule has 0 saturated carbocycles. The summed E-state index contributed by atoms with van der Waals surface area (Å²) in [5.74, 6) is -0.203. The molecule has 0 saturated heterocycles. The SMILES string of the molecule is Cc1ccc2c(c1)C1(C(=O)N2)C(C#N)=C(N)Oc2n[nH]c(C)c21. The Balaban J connectivity index is 2.19. The number of nitrogens with zero attached hydrogens (tertiary/aromatic N) is 2. The molecule has 2 aliphatic rings. The van der Waals surface area contributed by atoms with Crippen LogP contribution in [-0.2, 0) is 10.2 Å². The minimum absolute atomic E-state index is 0.0800. The van der Waals surface area contributed by atoms with Crippen LogP contribution in [0.1, 0.15) is 22.4 Å².